The van der Waals surface area contributed by atoms with Crippen LogP contribution in [0.5, 0.6) is 0 Å². The number of pyridine rings is 2. The van der Waals surface area contributed by atoms with Crippen LogP contribution in [0.4, 0.5) is 27.3 Å². The third-order valence-corrected chi connectivity index (χ3v) is 10.0. The summed E-state index contributed by atoms with van der Waals surface area (Å²) in [7, 11) is -3.50. The molecule has 2 aliphatic heterocycles. The number of piperazine rings is 1. The molecule has 0 amide bonds. The van der Waals surface area contributed by atoms with E-state index in [-0.39, 0.29) is 11.7 Å². The van der Waals surface area contributed by atoms with Gasteiger partial charge in [0.05, 0.1) is 58.8 Å². The van der Waals surface area contributed by atoms with Gasteiger partial charge in [0, 0.05) is 44.8 Å². The van der Waals surface area contributed by atoms with E-state index in [4.69, 9.17) is 9.72 Å². The summed E-state index contributed by atoms with van der Waals surface area (Å²) in [5.41, 5.74) is 3.67. The Hall–Kier alpha value is -3.28. The number of hydrogen-bond donors (Lipinski definition) is 1. The number of rotatable bonds is 9. The van der Waals surface area contributed by atoms with Crippen LogP contribution in [0.1, 0.15) is 25.8 Å². The molecule has 2 fully saturated rings. The summed E-state index contributed by atoms with van der Waals surface area (Å²) >= 11 is 0. The number of sulfonamides is 1. The standard InChI is InChI=1S/C30H39FN6O3S/c1-5-25(17-21(2)3)41(38,39)37-11-9-36(10-12-37)30-22(4)29(28-26(31)7-6-8-27(28)34-30)33-23-18-24(20-32-19-23)35-13-15-40-16-14-35/h5-8,18-21,25H,1,9-17H2,2-4H3,(H,33,34). The maximum absolute atomic E-state index is 15.2. The first-order valence-corrected chi connectivity index (χ1v) is 15.7. The molecule has 0 radical (unpaired) electrons. The summed E-state index contributed by atoms with van der Waals surface area (Å²) in [5, 5.41) is 3.25. The van der Waals surface area contributed by atoms with Gasteiger partial charge in [0.1, 0.15) is 11.6 Å². The van der Waals surface area contributed by atoms with Crippen LogP contribution in [0, 0.1) is 18.7 Å². The van der Waals surface area contributed by atoms with Crippen molar-refractivity contribution < 1.29 is 17.5 Å². The fourth-order valence-electron chi connectivity index (χ4n) is 5.60. The van der Waals surface area contributed by atoms with Crippen LogP contribution < -0.4 is 15.1 Å². The summed E-state index contributed by atoms with van der Waals surface area (Å²) in [6, 6.07) is 6.91. The monoisotopic (exact) mass is 582 g/mol. The Labute approximate surface area is 242 Å². The van der Waals surface area contributed by atoms with Crippen LogP contribution in [-0.2, 0) is 14.8 Å². The molecule has 1 aromatic carbocycles. The highest BCUT2D eigenvalue weighted by molar-refractivity contribution is 7.89. The zero-order chi connectivity index (χ0) is 29.1. The highest BCUT2D eigenvalue weighted by Crippen LogP contribution is 2.37. The van der Waals surface area contributed by atoms with Gasteiger partial charge in [-0.15, -0.1) is 6.58 Å². The molecule has 2 aliphatic rings. The summed E-state index contributed by atoms with van der Waals surface area (Å²) < 4.78 is 48.9. The smallest absolute Gasteiger partial charge is 0.220 e. The van der Waals surface area contributed by atoms with Gasteiger partial charge in [0.2, 0.25) is 10.0 Å². The fraction of sp³-hybridized carbons (Fsp3) is 0.467. The van der Waals surface area contributed by atoms with E-state index in [2.05, 4.69) is 26.7 Å². The number of nitrogens with one attached hydrogen (secondary N) is 1. The predicted molar refractivity (Wildman–Crippen MR) is 163 cm³/mol. The van der Waals surface area contributed by atoms with Crippen molar-refractivity contribution in [3.63, 3.8) is 0 Å². The van der Waals surface area contributed by atoms with Crippen LogP contribution in [0.15, 0.2) is 49.3 Å². The molecule has 41 heavy (non-hydrogen) atoms. The number of morpholine rings is 1. The largest absolute Gasteiger partial charge is 0.378 e. The SMILES string of the molecule is C=CC(CC(C)C)S(=O)(=O)N1CCN(c2nc3cccc(F)c3c(Nc3cncc(N4CCOCC4)c3)c2C)CC1. The summed E-state index contributed by atoms with van der Waals surface area (Å²) in [6.45, 7) is 14.3. The molecular formula is C30H39FN6O3S. The third-order valence-electron chi connectivity index (χ3n) is 7.80. The second-order valence-corrected chi connectivity index (χ2v) is 13.2. The van der Waals surface area contributed by atoms with Crippen LogP contribution >= 0.6 is 0 Å². The fourth-order valence-corrected chi connectivity index (χ4v) is 7.53. The normalized spacial score (nSPS) is 17.7. The lowest BCUT2D eigenvalue weighted by Gasteiger charge is -2.37. The minimum atomic E-state index is -3.50. The zero-order valence-corrected chi connectivity index (χ0v) is 24.8. The van der Waals surface area contributed by atoms with Crippen molar-refractivity contribution in [1.29, 1.82) is 0 Å². The van der Waals surface area contributed by atoms with E-state index in [0.717, 1.165) is 30.0 Å². The molecule has 0 aliphatic carbocycles. The minimum absolute atomic E-state index is 0.245. The third kappa shape index (κ3) is 6.17. The first-order valence-electron chi connectivity index (χ1n) is 14.2. The zero-order valence-electron chi connectivity index (χ0n) is 24.0. The first kappa shape index (κ1) is 29.2. The molecule has 5 rings (SSSR count). The van der Waals surface area contributed by atoms with E-state index in [1.807, 2.05) is 33.0 Å². The molecule has 2 saturated heterocycles. The summed E-state index contributed by atoms with van der Waals surface area (Å²) in [6.07, 6.45) is 5.64. The van der Waals surface area contributed by atoms with Crippen molar-refractivity contribution in [2.75, 3.05) is 67.6 Å². The van der Waals surface area contributed by atoms with Crippen molar-refractivity contribution in [2.24, 2.45) is 5.92 Å². The average Bonchev–Trinajstić information content (AvgIpc) is 2.98. The molecule has 2 aromatic heterocycles. The van der Waals surface area contributed by atoms with Crippen LogP contribution in [0.3, 0.4) is 0 Å². The number of halogens is 1. The average molecular weight is 583 g/mol. The topological polar surface area (TPSA) is 90.9 Å². The number of hydrogen-bond acceptors (Lipinski definition) is 8. The Balaban J connectivity index is 1.43. The molecule has 3 aromatic rings. The van der Waals surface area contributed by atoms with Crippen molar-refractivity contribution >= 4 is 43.8 Å². The highest BCUT2D eigenvalue weighted by Gasteiger charge is 2.34. The van der Waals surface area contributed by atoms with Gasteiger partial charge in [0.15, 0.2) is 0 Å². The first-order chi connectivity index (χ1) is 19.7. The van der Waals surface area contributed by atoms with Gasteiger partial charge in [-0.05, 0) is 37.5 Å². The molecule has 0 saturated carbocycles. The van der Waals surface area contributed by atoms with Crippen molar-refractivity contribution in [1.82, 2.24) is 14.3 Å². The molecule has 1 N–H and O–H groups in total. The Bertz CT molecular complexity index is 1500. The number of benzene rings is 1. The molecular weight excluding hydrogens is 543 g/mol. The van der Waals surface area contributed by atoms with E-state index < -0.39 is 15.3 Å². The van der Waals surface area contributed by atoms with E-state index in [1.54, 1.807) is 28.7 Å². The van der Waals surface area contributed by atoms with E-state index in [9.17, 15) is 8.42 Å². The molecule has 1 atom stereocenters. The van der Waals surface area contributed by atoms with Gasteiger partial charge in [-0.3, -0.25) is 4.98 Å². The minimum Gasteiger partial charge on any atom is -0.378 e. The van der Waals surface area contributed by atoms with Crippen LogP contribution in [0.25, 0.3) is 10.9 Å². The Kier molecular flexibility index (Phi) is 8.77. The molecule has 4 heterocycles. The van der Waals surface area contributed by atoms with Crippen LogP contribution in [0.2, 0.25) is 0 Å². The van der Waals surface area contributed by atoms with E-state index >= 15 is 4.39 Å². The van der Waals surface area contributed by atoms with Gasteiger partial charge in [-0.1, -0.05) is 26.0 Å². The number of aromatic nitrogens is 2. The lowest BCUT2D eigenvalue weighted by molar-refractivity contribution is 0.122. The van der Waals surface area contributed by atoms with E-state index in [0.29, 0.717) is 68.2 Å². The lowest BCUT2D eigenvalue weighted by atomic mass is 10.1. The van der Waals surface area contributed by atoms with Gasteiger partial charge < -0.3 is 19.9 Å². The lowest BCUT2D eigenvalue weighted by Crippen LogP contribution is -2.51. The number of fused-ring (bicyclic) bond motifs is 1. The number of nitrogens with zero attached hydrogens (tertiary/aromatic N) is 5. The molecule has 11 heteroatoms. The maximum Gasteiger partial charge on any atom is 0.220 e. The molecule has 0 spiro atoms. The second-order valence-electron chi connectivity index (χ2n) is 11.1. The second kappa shape index (κ2) is 12.3. The van der Waals surface area contributed by atoms with Gasteiger partial charge >= 0.3 is 0 Å². The van der Waals surface area contributed by atoms with Crippen molar-refractivity contribution in [3.8, 4) is 0 Å². The molecule has 220 valence electrons. The number of anilines is 4. The quantitative estimate of drug-likeness (QED) is 0.363. The van der Waals surface area contributed by atoms with Gasteiger partial charge in [-0.25, -0.2) is 17.8 Å². The predicted octanol–water partition coefficient (Wildman–Crippen LogP) is 4.71. The summed E-state index contributed by atoms with van der Waals surface area (Å²) in [4.78, 5) is 13.6. The van der Waals surface area contributed by atoms with Crippen LogP contribution in [-0.4, -0.2) is 80.4 Å². The number of ether oxygens (including phenoxy) is 1. The summed E-state index contributed by atoms with van der Waals surface area (Å²) in [5.74, 6) is 0.595. The molecule has 0 bridgehead atoms. The molecule has 9 nitrogen and oxygen atoms in total. The van der Waals surface area contributed by atoms with E-state index in [1.165, 1.54) is 6.07 Å². The maximum atomic E-state index is 15.2. The van der Waals surface area contributed by atoms with Gasteiger partial charge in [-0.2, -0.15) is 4.31 Å². The Morgan fingerprint density at radius 1 is 1.10 bits per heavy atom. The highest BCUT2D eigenvalue weighted by atomic mass is 32.2. The van der Waals surface area contributed by atoms with Gasteiger partial charge in [0.25, 0.3) is 0 Å². The van der Waals surface area contributed by atoms with Crippen molar-refractivity contribution in [2.45, 2.75) is 32.4 Å². The molecule has 1 unspecified atom stereocenters. The Morgan fingerprint density at radius 3 is 2.51 bits per heavy atom. The Morgan fingerprint density at radius 2 is 1.83 bits per heavy atom. The van der Waals surface area contributed by atoms with Crippen molar-refractivity contribution in [3.05, 3.63) is 60.7 Å².